The molecule has 3 nitrogen and oxygen atoms in total. The van der Waals surface area contributed by atoms with Gasteiger partial charge in [-0.15, -0.1) is 0 Å². The van der Waals surface area contributed by atoms with Crippen LogP contribution in [0.5, 0.6) is 0 Å². The van der Waals surface area contributed by atoms with E-state index in [1.165, 1.54) is 12.1 Å². The summed E-state index contributed by atoms with van der Waals surface area (Å²) in [6.07, 6.45) is -1.93. The van der Waals surface area contributed by atoms with Gasteiger partial charge in [-0.05, 0) is 25.5 Å². The van der Waals surface area contributed by atoms with Gasteiger partial charge in [-0.2, -0.15) is 0 Å². The van der Waals surface area contributed by atoms with Gasteiger partial charge >= 0.3 is 0 Å². The Labute approximate surface area is 105 Å². The second-order valence-corrected chi connectivity index (χ2v) is 3.76. The molecule has 0 radical (unpaired) electrons. The molecule has 0 fully saturated rings. The first kappa shape index (κ1) is 15.0. The molecule has 0 saturated heterocycles. The molecular formula is C13H18F2O3. The molecule has 0 aliphatic rings. The van der Waals surface area contributed by atoms with Crippen molar-refractivity contribution in [2.75, 3.05) is 13.2 Å². The molecular weight excluding hydrogens is 242 g/mol. The first-order valence-corrected chi connectivity index (χ1v) is 5.94. The Morgan fingerprint density at radius 3 is 2.33 bits per heavy atom. The van der Waals surface area contributed by atoms with Gasteiger partial charge in [-0.1, -0.05) is 12.1 Å². The number of hydrogen-bond acceptors (Lipinski definition) is 3. The summed E-state index contributed by atoms with van der Waals surface area (Å²) in [6.45, 7) is 4.27. The molecule has 102 valence electrons. The van der Waals surface area contributed by atoms with Crippen LogP contribution in [0.3, 0.4) is 0 Å². The van der Waals surface area contributed by atoms with Crippen LogP contribution < -0.4 is 0 Å². The van der Waals surface area contributed by atoms with Gasteiger partial charge < -0.3 is 14.6 Å². The van der Waals surface area contributed by atoms with Crippen molar-refractivity contribution in [3.8, 4) is 0 Å². The third-order valence-corrected chi connectivity index (χ3v) is 2.44. The third-order valence-electron chi connectivity index (χ3n) is 2.44. The van der Waals surface area contributed by atoms with Crippen LogP contribution in [0.15, 0.2) is 18.2 Å². The smallest absolute Gasteiger partial charge is 0.183 e. The first-order valence-electron chi connectivity index (χ1n) is 5.94. The Bertz CT molecular complexity index is 365. The summed E-state index contributed by atoms with van der Waals surface area (Å²) in [5.41, 5.74) is 0.104. The predicted molar refractivity (Wildman–Crippen MR) is 63.1 cm³/mol. The van der Waals surface area contributed by atoms with Crippen molar-refractivity contribution in [3.05, 3.63) is 35.4 Å². The van der Waals surface area contributed by atoms with Gasteiger partial charge in [-0.25, -0.2) is 8.78 Å². The minimum absolute atomic E-state index is 0.0613. The van der Waals surface area contributed by atoms with Gasteiger partial charge in [0.2, 0.25) is 0 Å². The van der Waals surface area contributed by atoms with E-state index in [1.54, 1.807) is 13.8 Å². The number of aliphatic hydroxyl groups excluding tert-OH is 1. The molecule has 0 heterocycles. The quantitative estimate of drug-likeness (QED) is 0.764. The fourth-order valence-corrected chi connectivity index (χ4v) is 1.63. The Hall–Kier alpha value is -1.04. The topological polar surface area (TPSA) is 38.7 Å². The highest BCUT2D eigenvalue weighted by Crippen LogP contribution is 2.15. The monoisotopic (exact) mass is 260 g/mol. The second kappa shape index (κ2) is 7.41. The van der Waals surface area contributed by atoms with E-state index in [0.717, 1.165) is 6.07 Å². The maximum atomic E-state index is 13.4. The van der Waals surface area contributed by atoms with Crippen LogP contribution >= 0.6 is 0 Å². The number of rotatable bonds is 7. The molecule has 1 aromatic rings. The normalized spacial score (nSPS) is 13.0. The Balaban J connectivity index is 2.72. The van der Waals surface area contributed by atoms with Crippen LogP contribution in [0.4, 0.5) is 8.78 Å². The molecule has 0 spiro atoms. The number of benzene rings is 1. The van der Waals surface area contributed by atoms with Crippen molar-refractivity contribution in [1.29, 1.82) is 0 Å². The largest absolute Gasteiger partial charge is 0.387 e. The number of halogens is 2. The van der Waals surface area contributed by atoms with E-state index in [2.05, 4.69) is 0 Å². The lowest BCUT2D eigenvalue weighted by molar-refractivity contribution is -0.188. The second-order valence-electron chi connectivity index (χ2n) is 3.76. The molecule has 0 amide bonds. The van der Waals surface area contributed by atoms with Gasteiger partial charge in [0.05, 0.1) is 0 Å². The fourth-order valence-electron chi connectivity index (χ4n) is 1.63. The SMILES string of the molecule is CCOC(OCC)C(O)Cc1cccc(F)c1F. The molecule has 1 N–H and O–H groups in total. The highest BCUT2D eigenvalue weighted by molar-refractivity contribution is 5.19. The summed E-state index contributed by atoms with van der Waals surface area (Å²) in [7, 11) is 0. The Morgan fingerprint density at radius 1 is 1.17 bits per heavy atom. The van der Waals surface area contributed by atoms with E-state index >= 15 is 0 Å². The summed E-state index contributed by atoms with van der Waals surface area (Å²) >= 11 is 0. The van der Waals surface area contributed by atoms with Gasteiger partial charge in [0, 0.05) is 19.6 Å². The number of aliphatic hydroxyl groups is 1. The van der Waals surface area contributed by atoms with Crippen molar-refractivity contribution in [2.24, 2.45) is 0 Å². The predicted octanol–water partition coefficient (Wildman–Crippen LogP) is 2.27. The molecule has 0 bridgehead atoms. The zero-order chi connectivity index (χ0) is 13.5. The lowest BCUT2D eigenvalue weighted by atomic mass is 10.1. The molecule has 5 heteroatoms. The summed E-state index contributed by atoms with van der Waals surface area (Å²) in [6, 6.07) is 3.86. The first-order chi connectivity index (χ1) is 8.60. The van der Waals surface area contributed by atoms with Crippen LogP contribution in [-0.4, -0.2) is 30.7 Å². The standard InChI is InChI=1S/C13H18F2O3/c1-3-17-13(18-4-2)11(16)8-9-6-5-7-10(14)12(9)15/h5-7,11,13,16H,3-4,8H2,1-2H3. The lowest BCUT2D eigenvalue weighted by Gasteiger charge is -2.22. The maximum Gasteiger partial charge on any atom is 0.183 e. The van der Waals surface area contributed by atoms with Crippen LogP contribution in [-0.2, 0) is 15.9 Å². The zero-order valence-electron chi connectivity index (χ0n) is 10.5. The lowest BCUT2D eigenvalue weighted by Crippen LogP contribution is -2.33. The third kappa shape index (κ3) is 4.01. The van der Waals surface area contributed by atoms with Gasteiger partial charge in [0.15, 0.2) is 17.9 Å². The molecule has 1 aromatic carbocycles. The molecule has 18 heavy (non-hydrogen) atoms. The van der Waals surface area contributed by atoms with E-state index < -0.39 is 24.0 Å². The molecule has 0 aliphatic heterocycles. The van der Waals surface area contributed by atoms with Crippen molar-refractivity contribution in [1.82, 2.24) is 0 Å². The van der Waals surface area contributed by atoms with Crippen LogP contribution in [0, 0.1) is 11.6 Å². The van der Waals surface area contributed by atoms with E-state index in [1.807, 2.05) is 0 Å². The Morgan fingerprint density at radius 2 is 1.78 bits per heavy atom. The van der Waals surface area contributed by atoms with Crippen molar-refractivity contribution in [3.63, 3.8) is 0 Å². The number of hydrogen-bond donors (Lipinski definition) is 1. The van der Waals surface area contributed by atoms with E-state index in [0.29, 0.717) is 13.2 Å². The zero-order valence-corrected chi connectivity index (χ0v) is 10.5. The average molecular weight is 260 g/mol. The molecule has 1 unspecified atom stereocenters. The molecule has 0 saturated carbocycles. The molecule has 0 aromatic heterocycles. The summed E-state index contributed by atoms with van der Waals surface area (Å²) in [5, 5.41) is 9.90. The van der Waals surface area contributed by atoms with Crippen LogP contribution in [0.25, 0.3) is 0 Å². The van der Waals surface area contributed by atoms with Gasteiger partial charge in [0.1, 0.15) is 6.10 Å². The van der Waals surface area contributed by atoms with Gasteiger partial charge in [0.25, 0.3) is 0 Å². The van der Waals surface area contributed by atoms with Gasteiger partial charge in [-0.3, -0.25) is 0 Å². The van der Waals surface area contributed by atoms with E-state index in [9.17, 15) is 13.9 Å². The molecule has 1 atom stereocenters. The van der Waals surface area contributed by atoms with Crippen LogP contribution in [0.2, 0.25) is 0 Å². The van der Waals surface area contributed by atoms with E-state index in [-0.39, 0.29) is 12.0 Å². The molecule has 1 rings (SSSR count). The van der Waals surface area contributed by atoms with E-state index in [4.69, 9.17) is 9.47 Å². The highest BCUT2D eigenvalue weighted by Gasteiger charge is 2.22. The average Bonchev–Trinajstić information content (AvgIpc) is 2.34. The minimum Gasteiger partial charge on any atom is -0.387 e. The summed E-state index contributed by atoms with van der Waals surface area (Å²) in [4.78, 5) is 0. The summed E-state index contributed by atoms with van der Waals surface area (Å²) < 4.78 is 36.8. The Kier molecular flexibility index (Phi) is 6.18. The van der Waals surface area contributed by atoms with Crippen LogP contribution in [0.1, 0.15) is 19.4 Å². The minimum atomic E-state index is -1.04. The highest BCUT2D eigenvalue weighted by atomic mass is 19.2. The maximum absolute atomic E-state index is 13.4. The summed E-state index contributed by atoms with van der Waals surface area (Å²) in [5.74, 6) is -1.87. The van der Waals surface area contributed by atoms with Crippen molar-refractivity contribution < 1.29 is 23.4 Å². The number of ether oxygens (including phenoxy) is 2. The molecule has 0 aliphatic carbocycles. The van der Waals surface area contributed by atoms with Crippen molar-refractivity contribution >= 4 is 0 Å². The van der Waals surface area contributed by atoms with Crippen molar-refractivity contribution in [2.45, 2.75) is 32.7 Å². The fraction of sp³-hybridized carbons (Fsp3) is 0.538.